The van der Waals surface area contributed by atoms with Gasteiger partial charge in [0.25, 0.3) is 0 Å². The normalized spacial score (nSPS) is 12.5. The van der Waals surface area contributed by atoms with Crippen molar-refractivity contribution in [3.63, 3.8) is 0 Å². The maximum absolute atomic E-state index is 6.70. The van der Waals surface area contributed by atoms with Crippen molar-refractivity contribution in [2.75, 3.05) is 5.32 Å². The standard InChI is InChI=1S/C23H24ClN7/c1-4-14-6-8-16(17(24)12-14)22-20-18(28-30(22)3)9-7-15-13-25-23(27-21(15)20)26-19-10-11-31(5-2)29-19/h6,8,10-13H,4-5,7,9H2,1-3H3,(H,25,26,27,29). The molecule has 0 unspecified atom stereocenters. The van der Waals surface area contributed by atoms with E-state index in [-0.39, 0.29) is 0 Å². The predicted octanol–water partition coefficient (Wildman–Crippen LogP) is 4.82. The fourth-order valence-electron chi connectivity index (χ4n) is 4.12. The Morgan fingerprint density at radius 1 is 1.13 bits per heavy atom. The van der Waals surface area contributed by atoms with Crippen LogP contribution in [0, 0.1) is 0 Å². The molecule has 31 heavy (non-hydrogen) atoms. The monoisotopic (exact) mass is 433 g/mol. The lowest BCUT2D eigenvalue weighted by molar-refractivity contribution is 0.662. The zero-order valence-electron chi connectivity index (χ0n) is 17.9. The second-order valence-electron chi connectivity index (χ2n) is 7.71. The van der Waals surface area contributed by atoms with Crippen LogP contribution in [0.15, 0.2) is 36.7 Å². The Morgan fingerprint density at radius 2 is 2.00 bits per heavy atom. The molecule has 158 valence electrons. The highest BCUT2D eigenvalue weighted by molar-refractivity contribution is 6.33. The van der Waals surface area contributed by atoms with Gasteiger partial charge in [0.1, 0.15) is 0 Å². The van der Waals surface area contributed by atoms with E-state index in [0.717, 1.165) is 70.4 Å². The first-order valence-electron chi connectivity index (χ1n) is 10.6. The molecule has 0 fully saturated rings. The van der Waals surface area contributed by atoms with E-state index < -0.39 is 0 Å². The van der Waals surface area contributed by atoms with Gasteiger partial charge >= 0.3 is 0 Å². The van der Waals surface area contributed by atoms with Crippen LogP contribution in [0.5, 0.6) is 0 Å². The summed E-state index contributed by atoms with van der Waals surface area (Å²) < 4.78 is 3.78. The molecule has 7 nitrogen and oxygen atoms in total. The summed E-state index contributed by atoms with van der Waals surface area (Å²) in [5.41, 5.74) is 7.28. The van der Waals surface area contributed by atoms with Crippen LogP contribution < -0.4 is 5.32 Å². The Hall–Kier alpha value is -3.19. The van der Waals surface area contributed by atoms with Crippen LogP contribution in [0.2, 0.25) is 5.02 Å². The summed E-state index contributed by atoms with van der Waals surface area (Å²) >= 11 is 6.70. The smallest absolute Gasteiger partial charge is 0.228 e. The van der Waals surface area contributed by atoms with Crippen LogP contribution in [0.25, 0.3) is 22.5 Å². The third-order valence-electron chi connectivity index (χ3n) is 5.75. The van der Waals surface area contributed by atoms with E-state index in [1.807, 2.05) is 40.9 Å². The van der Waals surface area contributed by atoms with Gasteiger partial charge in [0.2, 0.25) is 5.95 Å². The van der Waals surface area contributed by atoms with Crippen molar-refractivity contribution in [1.82, 2.24) is 29.5 Å². The zero-order chi connectivity index (χ0) is 21.5. The average molecular weight is 434 g/mol. The highest BCUT2D eigenvalue weighted by Crippen LogP contribution is 2.41. The number of hydrogen-bond donors (Lipinski definition) is 1. The molecule has 4 aromatic rings. The Kier molecular flexibility index (Phi) is 4.98. The van der Waals surface area contributed by atoms with Crippen LogP contribution in [0.1, 0.15) is 30.7 Å². The lowest BCUT2D eigenvalue weighted by atomic mass is 9.91. The van der Waals surface area contributed by atoms with Crippen molar-refractivity contribution in [2.45, 2.75) is 39.7 Å². The summed E-state index contributed by atoms with van der Waals surface area (Å²) in [6, 6.07) is 8.17. The van der Waals surface area contributed by atoms with Gasteiger partial charge in [0, 0.05) is 43.2 Å². The van der Waals surface area contributed by atoms with Gasteiger partial charge in [-0.15, -0.1) is 0 Å². The molecule has 1 aliphatic carbocycles. The first-order valence-corrected chi connectivity index (χ1v) is 11.0. The van der Waals surface area contributed by atoms with Gasteiger partial charge in [-0.3, -0.25) is 9.36 Å². The van der Waals surface area contributed by atoms with Gasteiger partial charge in [0.05, 0.1) is 22.1 Å². The van der Waals surface area contributed by atoms with Gasteiger partial charge in [-0.2, -0.15) is 10.2 Å². The van der Waals surface area contributed by atoms with E-state index in [1.165, 1.54) is 5.56 Å². The average Bonchev–Trinajstić information content (AvgIpc) is 3.37. The molecule has 3 heterocycles. The SMILES string of the molecule is CCc1ccc(-c2c3c(nn2C)CCc2cnc(Nc4ccn(CC)n4)nc2-3)c(Cl)c1. The molecule has 1 aromatic carbocycles. The second kappa shape index (κ2) is 7.81. The Labute approximate surface area is 186 Å². The lowest BCUT2D eigenvalue weighted by Gasteiger charge is -2.17. The van der Waals surface area contributed by atoms with E-state index in [2.05, 4.69) is 41.4 Å². The van der Waals surface area contributed by atoms with Crippen LogP contribution in [-0.2, 0) is 32.9 Å². The maximum atomic E-state index is 6.70. The third kappa shape index (κ3) is 3.49. The van der Waals surface area contributed by atoms with E-state index >= 15 is 0 Å². The molecule has 0 bridgehead atoms. The molecular formula is C23H24ClN7. The van der Waals surface area contributed by atoms with Crippen molar-refractivity contribution < 1.29 is 0 Å². The highest BCUT2D eigenvalue weighted by atomic mass is 35.5. The molecule has 0 saturated heterocycles. The van der Waals surface area contributed by atoms with Crippen LogP contribution in [-0.4, -0.2) is 29.5 Å². The first kappa shape index (κ1) is 19.8. The van der Waals surface area contributed by atoms with Crippen molar-refractivity contribution in [3.8, 4) is 22.5 Å². The summed E-state index contributed by atoms with van der Waals surface area (Å²) in [6.45, 7) is 4.99. The molecule has 1 aliphatic rings. The Morgan fingerprint density at radius 3 is 2.74 bits per heavy atom. The molecule has 0 aliphatic heterocycles. The first-order chi connectivity index (χ1) is 15.1. The molecule has 5 rings (SSSR count). The largest absolute Gasteiger partial charge is 0.307 e. The fourth-order valence-corrected chi connectivity index (χ4v) is 4.41. The fraction of sp³-hybridized carbons (Fsp3) is 0.304. The Balaban J connectivity index is 1.61. The van der Waals surface area contributed by atoms with E-state index in [4.69, 9.17) is 21.7 Å². The van der Waals surface area contributed by atoms with Crippen LogP contribution in [0.3, 0.4) is 0 Å². The minimum Gasteiger partial charge on any atom is -0.307 e. The molecule has 0 amide bonds. The van der Waals surface area contributed by atoms with Gasteiger partial charge in [-0.1, -0.05) is 30.7 Å². The molecule has 0 saturated carbocycles. The number of aromatic nitrogens is 6. The van der Waals surface area contributed by atoms with Crippen molar-refractivity contribution >= 4 is 23.4 Å². The van der Waals surface area contributed by atoms with E-state index in [1.54, 1.807) is 0 Å². The summed E-state index contributed by atoms with van der Waals surface area (Å²) in [5.74, 6) is 1.25. The molecule has 0 atom stereocenters. The quantitative estimate of drug-likeness (QED) is 0.488. The number of anilines is 2. The zero-order valence-corrected chi connectivity index (χ0v) is 18.6. The molecular weight excluding hydrogens is 410 g/mol. The number of hydrogen-bond acceptors (Lipinski definition) is 5. The molecule has 3 aromatic heterocycles. The van der Waals surface area contributed by atoms with Crippen molar-refractivity contribution in [1.29, 1.82) is 0 Å². The lowest BCUT2D eigenvalue weighted by Crippen LogP contribution is -2.09. The van der Waals surface area contributed by atoms with Gasteiger partial charge in [0.15, 0.2) is 5.82 Å². The summed E-state index contributed by atoms with van der Waals surface area (Å²) in [4.78, 5) is 9.40. The third-order valence-corrected chi connectivity index (χ3v) is 6.07. The molecule has 8 heteroatoms. The second-order valence-corrected chi connectivity index (χ2v) is 8.12. The maximum Gasteiger partial charge on any atom is 0.228 e. The molecule has 0 spiro atoms. The highest BCUT2D eigenvalue weighted by Gasteiger charge is 2.28. The van der Waals surface area contributed by atoms with Crippen molar-refractivity contribution in [2.24, 2.45) is 7.05 Å². The van der Waals surface area contributed by atoms with Gasteiger partial charge in [-0.25, -0.2) is 9.97 Å². The minimum atomic E-state index is 0.523. The number of rotatable bonds is 5. The number of halogens is 1. The van der Waals surface area contributed by atoms with E-state index in [0.29, 0.717) is 5.95 Å². The minimum absolute atomic E-state index is 0.523. The summed E-state index contributed by atoms with van der Waals surface area (Å²) in [5, 5.41) is 13.2. The predicted molar refractivity (Wildman–Crippen MR) is 123 cm³/mol. The number of aryl methyl sites for hydroxylation is 5. The summed E-state index contributed by atoms with van der Waals surface area (Å²) in [7, 11) is 1.97. The molecule has 0 radical (unpaired) electrons. The van der Waals surface area contributed by atoms with Gasteiger partial charge in [-0.05, 0) is 43.4 Å². The molecule has 1 N–H and O–H groups in total. The summed E-state index contributed by atoms with van der Waals surface area (Å²) in [6.07, 6.45) is 6.51. The number of fused-ring (bicyclic) bond motifs is 3. The van der Waals surface area contributed by atoms with Crippen molar-refractivity contribution in [3.05, 3.63) is 58.5 Å². The Bertz CT molecular complexity index is 1270. The number of nitrogens with one attached hydrogen (secondary N) is 1. The number of nitrogens with zero attached hydrogens (tertiary/aromatic N) is 6. The van der Waals surface area contributed by atoms with Crippen LogP contribution >= 0.6 is 11.6 Å². The number of benzene rings is 1. The van der Waals surface area contributed by atoms with Gasteiger partial charge < -0.3 is 5.32 Å². The van der Waals surface area contributed by atoms with Crippen LogP contribution in [0.4, 0.5) is 11.8 Å². The topological polar surface area (TPSA) is 73.5 Å². The van der Waals surface area contributed by atoms with E-state index in [9.17, 15) is 0 Å².